The molecule has 0 saturated heterocycles. The monoisotopic (exact) mass is 143 g/mol. The Kier molecular flexibility index (Phi) is 3.54. The van der Waals surface area contributed by atoms with Gasteiger partial charge in [0.05, 0.1) is 5.76 Å². The standard InChI is InChI=1S/C7H13NO2/c1-5(7(8)10)3-4-6(2)9/h5,9H,2-4H2,1H3,(H2,8,10). The van der Waals surface area contributed by atoms with Crippen LogP contribution >= 0.6 is 0 Å². The summed E-state index contributed by atoms with van der Waals surface area (Å²) in [4.78, 5) is 10.4. The van der Waals surface area contributed by atoms with Crippen molar-refractivity contribution in [3.8, 4) is 0 Å². The molecule has 0 saturated carbocycles. The molecular weight excluding hydrogens is 130 g/mol. The van der Waals surface area contributed by atoms with Crippen LogP contribution in [0, 0.1) is 5.92 Å². The van der Waals surface area contributed by atoms with Crippen molar-refractivity contribution in [1.82, 2.24) is 0 Å². The van der Waals surface area contributed by atoms with E-state index in [1.165, 1.54) is 0 Å². The summed E-state index contributed by atoms with van der Waals surface area (Å²) in [5, 5.41) is 8.64. The van der Waals surface area contributed by atoms with Crippen molar-refractivity contribution in [1.29, 1.82) is 0 Å². The first-order chi connectivity index (χ1) is 4.54. The van der Waals surface area contributed by atoms with E-state index in [0.29, 0.717) is 12.8 Å². The SMILES string of the molecule is C=C(O)CCC(C)C(N)=O. The van der Waals surface area contributed by atoms with Gasteiger partial charge in [0.2, 0.25) is 5.91 Å². The van der Waals surface area contributed by atoms with Gasteiger partial charge in [-0.15, -0.1) is 0 Å². The maximum absolute atomic E-state index is 10.4. The number of hydrogen-bond donors (Lipinski definition) is 2. The number of amides is 1. The summed E-state index contributed by atoms with van der Waals surface area (Å²) < 4.78 is 0. The molecule has 0 aliphatic heterocycles. The van der Waals surface area contributed by atoms with E-state index in [-0.39, 0.29) is 17.6 Å². The Labute approximate surface area is 60.5 Å². The van der Waals surface area contributed by atoms with Crippen LogP contribution in [0.15, 0.2) is 12.3 Å². The highest BCUT2D eigenvalue weighted by Gasteiger charge is 2.07. The third-order valence-electron chi connectivity index (χ3n) is 1.35. The van der Waals surface area contributed by atoms with Gasteiger partial charge in [-0.25, -0.2) is 0 Å². The second-order valence-electron chi connectivity index (χ2n) is 2.41. The van der Waals surface area contributed by atoms with Gasteiger partial charge in [-0.2, -0.15) is 0 Å². The summed E-state index contributed by atoms with van der Waals surface area (Å²) in [5.41, 5.74) is 4.97. The summed E-state index contributed by atoms with van der Waals surface area (Å²) in [6.07, 6.45) is 1.02. The average Bonchev–Trinajstić information content (AvgIpc) is 1.82. The van der Waals surface area contributed by atoms with Crippen LogP contribution in [0.3, 0.4) is 0 Å². The highest BCUT2D eigenvalue weighted by molar-refractivity contribution is 5.76. The molecule has 0 aromatic rings. The molecule has 58 valence electrons. The highest BCUT2D eigenvalue weighted by Crippen LogP contribution is 2.07. The largest absolute Gasteiger partial charge is 0.513 e. The number of carbonyl (C=O) groups excluding carboxylic acids is 1. The topological polar surface area (TPSA) is 63.3 Å². The lowest BCUT2D eigenvalue weighted by molar-refractivity contribution is -0.121. The van der Waals surface area contributed by atoms with Gasteiger partial charge in [-0.1, -0.05) is 13.5 Å². The minimum atomic E-state index is -0.332. The van der Waals surface area contributed by atoms with Crippen LogP contribution in [0.4, 0.5) is 0 Å². The van der Waals surface area contributed by atoms with Gasteiger partial charge in [0.25, 0.3) is 0 Å². The fraction of sp³-hybridized carbons (Fsp3) is 0.571. The van der Waals surface area contributed by atoms with Crippen molar-refractivity contribution in [3.05, 3.63) is 12.3 Å². The van der Waals surface area contributed by atoms with Crippen molar-refractivity contribution in [3.63, 3.8) is 0 Å². The zero-order valence-corrected chi connectivity index (χ0v) is 6.13. The number of aliphatic hydroxyl groups excluding tert-OH is 1. The van der Waals surface area contributed by atoms with E-state index >= 15 is 0 Å². The van der Waals surface area contributed by atoms with E-state index in [4.69, 9.17) is 10.8 Å². The molecule has 0 bridgehead atoms. The lowest BCUT2D eigenvalue weighted by Crippen LogP contribution is -2.20. The molecule has 1 unspecified atom stereocenters. The second-order valence-corrected chi connectivity index (χ2v) is 2.41. The third kappa shape index (κ3) is 3.95. The Morgan fingerprint density at radius 3 is 2.60 bits per heavy atom. The van der Waals surface area contributed by atoms with Crippen molar-refractivity contribution in [2.45, 2.75) is 19.8 Å². The average molecular weight is 143 g/mol. The Morgan fingerprint density at radius 2 is 2.30 bits per heavy atom. The minimum absolute atomic E-state index is 0.105. The van der Waals surface area contributed by atoms with Crippen LogP contribution in [0.1, 0.15) is 19.8 Å². The normalized spacial score (nSPS) is 12.5. The molecule has 1 atom stereocenters. The maximum Gasteiger partial charge on any atom is 0.220 e. The molecule has 1 amide bonds. The minimum Gasteiger partial charge on any atom is -0.513 e. The predicted molar refractivity (Wildman–Crippen MR) is 39.4 cm³/mol. The Balaban J connectivity index is 3.49. The fourth-order valence-electron chi connectivity index (χ4n) is 0.525. The molecule has 10 heavy (non-hydrogen) atoms. The quantitative estimate of drug-likeness (QED) is 0.576. The van der Waals surface area contributed by atoms with E-state index in [0.717, 1.165) is 0 Å². The highest BCUT2D eigenvalue weighted by atomic mass is 16.3. The van der Waals surface area contributed by atoms with E-state index in [2.05, 4.69) is 6.58 Å². The number of allylic oxidation sites excluding steroid dienone is 1. The summed E-state index contributed by atoms with van der Waals surface area (Å²) in [7, 11) is 0. The molecule has 0 heterocycles. The van der Waals surface area contributed by atoms with E-state index in [1.807, 2.05) is 0 Å². The zero-order chi connectivity index (χ0) is 8.15. The first kappa shape index (κ1) is 9.01. The zero-order valence-electron chi connectivity index (χ0n) is 6.13. The molecule has 0 aliphatic carbocycles. The van der Waals surface area contributed by atoms with Gasteiger partial charge in [-0.3, -0.25) is 4.79 Å². The summed E-state index contributed by atoms with van der Waals surface area (Å²) >= 11 is 0. The first-order valence-corrected chi connectivity index (χ1v) is 3.20. The number of primary amides is 1. The number of aliphatic hydroxyl groups is 1. The summed E-state index contributed by atoms with van der Waals surface area (Å²) in [5.74, 6) is -0.404. The molecule has 0 aromatic carbocycles. The molecule has 0 aromatic heterocycles. The van der Waals surface area contributed by atoms with Crippen LogP contribution in [0.2, 0.25) is 0 Å². The van der Waals surface area contributed by atoms with Crippen LogP contribution in [0.5, 0.6) is 0 Å². The van der Waals surface area contributed by atoms with Gasteiger partial charge >= 0.3 is 0 Å². The second kappa shape index (κ2) is 3.93. The lowest BCUT2D eigenvalue weighted by atomic mass is 10.1. The van der Waals surface area contributed by atoms with E-state index < -0.39 is 0 Å². The van der Waals surface area contributed by atoms with Gasteiger partial charge < -0.3 is 10.8 Å². The van der Waals surface area contributed by atoms with Gasteiger partial charge in [-0.05, 0) is 6.42 Å². The van der Waals surface area contributed by atoms with Crippen molar-refractivity contribution in [2.75, 3.05) is 0 Å². The van der Waals surface area contributed by atoms with Crippen molar-refractivity contribution in [2.24, 2.45) is 11.7 Å². The Bertz CT molecular complexity index is 143. The molecule has 0 rings (SSSR count). The predicted octanol–water partition coefficient (Wildman–Crippen LogP) is 0.960. The first-order valence-electron chi connectivity index (χ1n) is 3.20. The van der Waals surface area contributed by atoms with E-state index in [1.54, 1.807) is 6.92 Å². The molecule has 3 heteroatoms. The summed E-state index contributed by atoms with van der Waals surface area (Å²) in [6.45, 7) is 5.02. The van der Waals surface area contributed by atoms with Gasteiger partial charge in [0, 0.05) is 12.3 Å². The number of carbonyl (C=O) groups is 1. The Morgan fingerprint density at radius 1 is 1.80 bits per heavy atom. The van der Waals surface area contributed by atoms with Crippen LogP contribution in [0.25, 0.3) is 0 Å². The molecule has 0 radical (unpaired) electrons. The smallest absolute Gasteiger partial charge is 0.220 e. The van der Waals surface area contributed by atoms with Gasteiger partial charge in [0.15, 0.2) is 0 Å². The van der Waals surface area contributed by atoms with Crippen molar-refractivity contribution < 1.29 is 9.90 Å². The lowest BCUT2D eigenvalue weighted by Gasteiger charge is -2.04. The van der Waals surface area contributed by atoms with E-state index in [9.17, 15) is 4.79 Å². The fourth-order valence-corrected chi connectivity index (χ4v) is 0.525. The third-order valence-corrected chi connectivity index (χ3v) is 1.35. The Hall–Kier alpha value is -0.990. The molecule has 3 N–H and O–H groups in total. The van der Waals surface area contributed by atoms with Gasteiger partial charge in [0.1, 0.15) is 0 Å². The molecule has 0 aliphatic rings. The maximum atomic E-state index is 10.4. The molecule has 0 fully saturated rings. The molecule has 3 nitrogen and oxygen atoms in total. The molecular formula is C7H13NO2. The van der Waals surface area contributed by atoms with Crippen LogP contribution < -0.4 is 5.73 Å². The number of nitrogens with two attached hydrogens (primary N) is 1. The van der Waals surface area contributed by atoms with Crippen LogP contribution in [-0.2, 0) is 4.79 Å². The van der Waals surface area contributed by atoms with Crippen molar-refractivity contribution >= 4 is 5.91 Å². The summed E-state index contributed by atoms with van der Waals surface area (Å²) in [6, 6.07) is 0. The number of hydrogen-bond acceptors (Lipinski definition) is 2. The van der Waals surface area contributed by atoms with Crippen LogP contribution in [-0.4, -0.2) is 11.0 Å². The molecule has 0 spiro atoms. The number of rotatable bonds is 4.